The first-order valence-electron chi connectivity index (χ1n) is 5.40. The average Bonchev–Trinajstić information content (AvgIpc) is 2.68. The van der Waals surface area contributed by atoms with Crippen molar-refractivity contribution in [3.8, 4) is 0 Å². The van der Waals surface area contributed by atoms with Crippen LogP contribution in [-0.4, -0.2) is 10.3 Å². The maximum absolute atomic E-state index is 4.71. The normalized spacial score (nSPS) is 18.6. The van der Waals surface area contributed by atoms with E-state index in [4.69, 9.17) is 4.98 Å². The van der Waals surface area contributed by atoms with Gasteiger partial charge in [0, 0.05) is 23.0 Å². The van der Waals surface area contributed by atoms with Gasteiger partial charge in [-0.25, -0.2) is 4.98 Å². The van der Waals surface area contributed by atoms with E-state index in [2.05, 4.69) is 21.3 Å². The Kier molecular flexibility index (Phi) is 3.99. The molecule has 2 rings (SSSR count). The Morgan fingerprint density at radius 3 is 2.86 bits per heavy atom. The molecule has 1 aromatic rings. The molecular formula is C11H16BrNS. The fourth-order valence-corrected chi connectivity index (χ4v) is 3.50. The highest BCUT2D eigenvalue weighted by Gasteiger charge is 2.18. The molecule has 1 nitrogen and oxygen atoms in total. The Labute approximate surface area is 98.1 Å². The Bertz CT molecular complexity index is 279. The van der Waals surface area contributed by atoms with Crippen molar-refractivity contribution in [2.75, 3.05) is 5.33 Å². The van der Waals surface area contributed by atoms with Gasteiger partial charge in [-0.3, -0.25) is 0 Å². The van der Waals surface area contributed by atoms with Crippen LogP contribution < -0.4 is 0 Å². The van der Waals surface area contributed by atoms with Crippen molar-refractivity contribution in [3.05, 3.63) is 16.1 Å². The first-order valence-corrected chi connectivity index (χ1v) is 7.40. The van der Waals surface area contributed by atoms with Gasteiger partial charge in [0.05, 0.1) is 10.7 Å². The Morgan fingerprint density at radius 2 is 2.14 bits per heavy atom. The van der Waals surface area contributed by atoms with Crippen LogP contribution in [0, 0.1) is 0 Å². The lowest BCUT2D eigenvalue weighted by atomic mass is 9.90. The molecule has 14 heavy (non-hydrogen) atoms. The van der Waals surface area contributed by atoms with Crippen LogP contribution in [0.4, 0.5) is 0 Å². The average molecular weight is 274 g/mol. The molecule has 0 unspecified atom stereocenters. The van der Waals surface area contributed by atoms with Gasteiger partial charge in [-0.15, -0.1) is 11.3 Å². The smallest absolute Gasteiger partial charge is 0.0959 e. The Morgan fingerprint density at radius 1 is 1.36 bits per heavy atom. The summed E-state index contributed by atoms with van der Waals surface area (Å²) in [6.45, 7) is 0. The van der Waals surface area contributed by atoms with Crippen LogP contribution in [0.1, 0.15) is 48.7 Å². The molecule has 0 spiro atoms. The van der Waals surface area contributed by atoms with E-state index in [1.54, 1.807) is 0 Å². The minimum absolute atomic E-state index is 0.776. The van der Waals surface area contributed by atoms with Crippen molar-refractivity contribution < 1.29 is 0 Å². The minimum Gasteiger partial charge on any atom is -0.246 e. The molecule has 3 heteroatoms. The van der Waals surface area contributed by atoms with E-state index in [0.29, 0.717) is 0 Å². The molecule has 1 aliphatic carbocycles. The van der Waals surface area contributed by atoms with Gasteiger partial charge in [0.15, 0.2) is 0 Å². The van der Waals surface area contributed by atoms with Gasteiger partial charge in [-0.1, -0.05) is 35.2 Å². The molecule has 1 heterocycles. The van der Waals surface area contributed by atoms with Crippen LogP contribution >= 0.6 is 27.3 Å². The van der Waals surface area contributed by atoms with Crippen LogP contribution in [0.25, 0.3) is 0 Å². The van der Waals surface area contributed by atoms with Gasteiger partial charge < -0.3 is 0 Å². The number of halogens is 1. The molecule has 78 valence electrons. The molecule has 1 saturated carbocycles. The summed E-state index contributed by atoms with van der Waals surface area (Å²) < 4.78 is 0. The first-order chi connectivity index (χ1) is 6.90. The van der Waals surface area contributed by atoms with Gasteiger partial charge >= 0.3 is 0 Å². The zero-order chi connectivity index (χ0) is 9.80. The van der Waals surface area contributed by atoms with E-state index in [-0.39, 0.29) is 0 Å². The van der Waals surface area contributed by atoms with Crippen molar-refractivity contribution in [1.82, 2.24) is 4.98 Å². The number of rotatable bonds is 3. The van der Waals surface area contributed by atoms with E-state index >= 15 is 0 Å². The number of hydrogen-bond acceptors (Lipinski definition) is 2. The van der Waals surface area contributed by atoms with E-state index in [0.717, 1.165) is 17.7 Å². The Balaban J connectivity index is 2.00. The van der Waals surface area contributed by atoms with Crippen molar-refractivity contribution in [1.29, 1.82) is 0 Å². The van der Waals surface area contributed by atoms with Crippen molar-refractivity contribution in [3.63, 3.8) is 0 Å². The summed E-state index contributed by atoms with van der Waals surface area (Å²) in [4.78, 5) is 4.71. The predicted octanol–water partition coefficient (Wildman–Crippen LogP) is 4.13. The molecule has 0 aromatic carbocycles. The SMILES string of the molecule is BrCCc1csc(C2CCCCC2)n1. The third kappa shape index (κ3) is 2.57. The van der Waals surface area contributed by atoms with Gasteiger partial charge in [0.25, 0.3) is 0 Å². The van der Waals surface area contributed by atoms with Crippen LogP contribution in [0.3, 0.4) is 0 Å². The summed E-state index contributed by atoms with van der Waals surface area (Å²) in [6.07, 6.45) is 8.03. The van der Waals surface area contributed by atoms with Crippen molar-refractivity contribution >= 4 is 27.3 Å². The standard InChI is InChI=1S/C11H16BrNS/c12-7-6-10-8-14-11(13-10)9-4-2-1-3-5-9/h8-9H,1-7H2. The zero-order valence-electron chi connectivity index (χ0n) is 8.34. The van der Waals surface area contributed by atoms with E-state index < -0.39 is 0 Å². The van der Waals surface area contributed by atoms with Crippen LogP contribution in [0.15, 0.2) is 5.38 Å². The lowest BCUT2D eigenvalue weighted by molar-refractivity contribution is 0.442. The molecule has 1 aromatic heterocycles. The fraction of sp³-hybridized carbons (Fsp3) is 0.727. The number of aryl methyl sites for hydroxylation is 1. The second-order valence-electron chi connectivity index (χ2n) is 3.95. The van der Waals surface area contributed by atoms with E-state index in [1.807, 2.05) is 11.3 Å². The van der Waals surface area contributed by atoms with Crippen LogP contribution in [0.5, 0.6) is 0 Å². The van der Waals surface area contributed by atoms with Gasteiger partial charge in [0.2, 0.25) is 0 Å². The zero-order valence-corrected chi connectivity index (χ0v) is 10.7. The quantitative estimate of drug-likeness (QED) is 0.755. The molecular weight excluding hydrogens is 258 g/mol. The number of nitrogens with zero attached hydrogens (tertiary/aromatic N) is 1. The number of alkyl halides is 1. The summed E-state index contributed by atoms with van der Waals surface area (Å²) in [5.41, 5.74) is 1.27. The van der Waals surface area contributed by atoms with E-state index in [1.165, 1.54) is 42.8 Å². The third-order valence-electron chi connectivity index (χ3n) is 2.87. The molecule has 0 bridgehead atoms. The van der Waals surface area contributed by atoms with Gasteiger partial charge in [0.1, 0.15) is 0 Å². The number of hydrogen-bond donors (Lipinski definition) is 0. The Hall–Kier alpha value is 0.110. The highest BCUT2D eigenvalue weighted by atomic mass is 79.9. The van der Waals surface area contributed by atoms with Gasteiger partial charge in [-0.2, -0.15) is 0 Å². The molecule has 1 fully saturated rings. The summed E-state index contributed by atoms with van der Waals surface area (Å²) in [5, 5.41) is 4.65. The highest BCUT2D eigenvalue weighted by molar-refractivity contribution is 9.09. The second-order valence-corrected chi connectivity index (χ2v) is 5.63. The third-order valence-corrected chi connectivity index (χ3v) is 4.33. The second kappa shape index (κ2) is 5.26. The summed E-state index contributed by atoms with van der Waals surface area (Å²) in [6, 6.07) is 0. The van der Waals surface area contributed by atoms with Crippen LogP contribution in [-0.2, 0) is 6.42 Å². The minimum atomic E-state index is 0.776. The molecule has 1 aliphatic rings. The van der Waals surface area contributed by atoms with Crippen molar-refractivity contribution in [2.24, 2.45) is 0 Å². The van der Waals surface area contributed by atoms with Crippen LogP contribution in [0.2, 0.25) is 0 Å². The highest BCUT2D eigenvalue weighted by Crippen LogP contribution is 2.34. The molecule has 0 amide bonds. The number of thiazole rings is 1. The summed E-state index contributed by atoms with van der Waals surface area (Å²) >= 11 is 5.32. The molecule has 0 N–H and O–H groups in total. The number of aromatic nitrogens is 1. The summed E-state index contributed by atoms with van der Waals surface area (Å²) in [7, 11) is 0. The lowest BCUT2D eigenvalue weighted by Gasteiger charge is -2.18. The maximum Gasteiger partial charge on any atom is 0.0959 e. The van der Waals surface area contributed by atoms with Gasteiger partial charge in [-0.05, 0) is 12.8 Å². The molecule has 0 saturated heterocycles. The van der Waals surface area contributed by atoms with E-state index in [9.17, 15) is 0 Å². The lowest BCUT2D eigenvalue weighted by Crippen LogP contribution is -2.04. The fourth-order valence-electron chi connectivity index (χ4n) is 2.07. The monoisotopic (exact) mass is 273 g/mol. The molecule has 0 atom stereocenters. The predicted molar refractivity (Wildman–Crippen MR) is 65.4 cm³/mol. The molecule has 0 radical (unpaired) electrons. The summed E-state index contributed by atoms with van der Waals surface area (Å²) in [5.74, 6) is 0.776. The largest absolute Gasteiger partial charge is 0.246 e. The van der Waals surface area contributed by atoms with Crippen molar-refractivity contribution in [2.45, 2.75) is 44.4 Å². The maximum atomic E-state index is 4.71. The molecule has 0 aliphatic heterocycles. The first kappa shape index (κ1) is 10.6. The topological polar surface area (TPSA) is 12.9 Å².